The fourth-order valence-electron chi connectivity index (χ4n) is 8.51. The maximum absolute atomic E-state index is 14.0. The van der Waals surface area contributed by atoms with Crippen molar-refractivity contribution in [1.82, 2.24) is 9.80 Å². The highest BCUT2D eigenvalue weighted by atomic mass is 79.9. The molecule has 3 fully saturated rings. The molecule has 0 radical (unpaired) electrons. The van der Waals surface area contributed by atoms with Gasteiger partial charge in [-0.15, -0.1) is 11.3 Å². The maximum Gasteiger partial charge on any atom is 0.308 e. The predicted molar refractivity (Wildman–Crippen MR) is 166 cm³/mol. The molecule has 42 heavy (non-hydrogen) atoms. The first-order valence-corrected chi connectivity index (χ1v) is 17.0. The van der Waals surface area contributed by atoms with Crippen LogP contribution in [0.15, 0.2) is 28.1 Å². The zero-order valence-electron chi connectivity index (χ0n) is 24.5. The third kappa shape index (κ3) is 4.70. The molecule has 5 aliphatic rings. The van der Waals surface area contributed by atoms with E-state index in [1.807, 2.05) is 22.4 Å². The van der Waals surface area contributed by atoms with Gasteiger partial charge in [0.1, 0.15) is 11.9 Å². The van der Waals surface area contributed by atoms with Crippen molar-refractivity contribution in [3.8, 4) is 17.2 Å². The van der Waals surface area contributed by atoms with E-state index in [1.54, 1.807) is 23.5 Å². The van der Waals surface area contributed by atoms with Crippen molar-refractivity contribution in [2.45, 2.75) is 82.9 Å². The highest BCUT2D eigenvalue weighted by Crippen LogP contribution is 2.66. The molecule has 3 heterocycles. The summed E-state index contributed by atoms with van der Waals surface area (Å²) in [5.74, 6) is 2.08. The Morgan fingerprint density at radius 2 is 2.10 bits per heavy atom. The summed E-state index contributed by atoms with van der Waals surface area (Å²) >= 11 is 5.11. The normalized spacial score (nSPS) is 29.5. The predicted octanol–water partition coefficient (Wildman–Crippen LogP) is 6.16. The van der Waals surface area contributed by atoms with Crippen molar-refractivity contribution >= 4 is 45.2 Å². The Balaban J connectivity index is 1.30. The first kappa shape index (κ1) is 28.4. The van der Waals surface area contributed by atoms with E-state index in [-0.39, 0.29) is 35.1 Å². The Hall–Kier alpha value is -2.36. The Morgan fingerprint density at radius 1 is 1.29 bits per heavy atom. The largest absolute Gasteiger partial charge is 0.508 e. The number of hydrogen-bond acceptors (Lipinski definition) is 7. The summed E-state index contributed by atoms with van der Waals surface area (Å²) in [6.45, 7) is 8.41. The van der Waals surface area contributed by atoms with Gasteiger partial charge in [0.2, 0.25) is 5.91 Å². The standard InChI is InChI=1S/C33H39BrN2O5S/c1-18(2)15-36(29(39)9-6-22-12-21(34)17-42-22)25-8-7-24-26-13-23-27(38)14-28(40-19(3)37)31-30(23)33(24,32(25)41-31)10-11-35(26)16-20-4-5-20/h6,9,12,14,17-18,20,24-26,32,38H,4-5,7-8,10-11,13,15-16H2,1-3H3/b9-6+/t24-,25+,26+,32-,33-/m0/s1. The van der Waals surface area contributed by atoms with Crippen molar-refractivity contribution in [2.75, 3.05) is 19.6 Å². The van der Waals surface area contributed by atoms with Crippen LogP contribution >= 0.6 is 27.3 Å². The molecule has 1 N–H and O–H groups in total. The second-order valence-electron chi connectivity index (χ2n) is 13.3. The van der Waals surface area contributed by atoms with E-state index >= 15 is 0 Å². The minimum atomic E-state index is -0.440. The van der Waals surface area contributed by atoms with Crippen LogP contribution in [0.25, 0.3) is 6.08 Å². The number of ether oxygens (including phenoxy) is 2. The summed E-state index contributed by atoms with van der Waals surface area (Å²) in [5.41, 5.74) is 1.65. The molecular formula is C33H39BrN2O5S. The molecule has 0 unspecified atom stereocenters. The number of piperidine rings is 1. The number of thiophene rings is 1. The molecule has 1 saturated heterocycles. The van der Waals surface area contributed by atoms with Gasteiger partial charge in [0.25, 0.3) is 0 Å². The summed E-state index contributed by atoms with van der Waals surface area (Å²) in [6, 6.07) is 3.79. The SMILES string of the molecule is CC(=O)Oc1cc(O)c2c3c1O[C@H]1[C@H](N(CC(C)C)C(=O)/C=C/c4cc(Br)cs4)CC[C@H]4[C@@H](C2)N(CC2CC2)CC[C@@]341. The van der Waals surface area contributed by atoms with Crippen LogP contribution in [0, 0.1) is 17.8 Å². The zero-order valence-corrected chi connectivity index (χ0v) is 26.9. The number of aromatic hydroxyl groups is 1. The third-order valence-corrected chi connectivity index (χ3v) is 11.8. The molecule has 3 aliphatic carbocycles. The van der Waals surface area contributed by atoms with Crippen LogP contribution in [-0.2, 0) is 21.4 Å². The molecule has 9 heteroatoms. The summed E-state index contributed by atoms with van der Waals surface area (Å²) in [7, 11) is 0. The van der Waals surface area contributed by atoms with E-state index < -0.39 is 5.97 Å². The van der Waals surface area contributed by atoms with E-state index in [4.69, 9.17) is 9.47 Å². The van der Waals surface area contributed by atoms with Crippen LogP contribution in [-0.4, -0.2) is 64.6 Å². The Morgan fingerprint density at radius 3 is 2.79 bits per heavy atom. The molecule has 7 nitrogen and oxygen atoms in total. The van der Waals surface area contributed by atoms with Gasteiger partial charge < -0.3 is 19.5 Å². The molecule has 224 valence electrons. The van der Waals surface area contributed by atoms with Crippen LogP contribution in [0.5, 0.6) is 17.2 Å². The number of phenolic OH excluding ortho intramolecular Hbond substituents is 1. The Labute approximate surface area is 260 Å². The number of nitrogens with zero attached hydrogens (tertiary/aromatic N) is 2. The quantitative estimate of drug-likeness (QED) is 0.209. The number of phenols is 1. The van der Waals surface area contributed by atoms with Gasteiger partial charge in [0, 0.05) is 69.5 Å². The summed E-state index contributed by atoms with van der Waals surface area (Å²) in [4.78, 5) is 31.8. The van der Waals surface area contributed by atoms with Crippen LogP contribution in [0.4, 0.5) is 0 Å². The highest BCUT2D eigenvalue weighted by molar-refractivity contribution is 9.10. The molecule has 5 atom stereocenters. The van der Waals surface area contributed by atoms with Gasteiger partial charge in [-0.3, -0.25) is 14.5 Å². The summed E-state index contributed by atoms with van der Waals surface area (Å²) in [5, 5.41) is 13.4. The minimum Gasteiger partial charge on any atom is -0.508 e. The topological polar surface area (TPSA) is 79.3 Å². The van der Waals surface area contributed by atoms with Gasteiger partial charge in [0.05, 0.1) is 6.04 Å². The van der Waals surface area contributed by atoms with Gasteiger partial charge in [0.15, 0.2) is 11.5 Å². The summed E-state index contributed by atoms with van der Waals surface area (Å²) in [6.07, 6.45) is 9.52. The number of likely N-dealkylation sites (tertiary alicyclic amines) is 1. The average Bonchev–Trinajstić information content (AvgIpc) is 3.55. The highest BCUT2D eigenvalue weighted by Gasteiger charge is 2.67. The number of carbonyl (C=O) groups is 2. The number of hydrogen-bond donors (Lipinski definition) is 1. The van der Waals surface area contributed by atoms with Gasteiger partial charge in [-0.25, -0.2) is 0 Å². The first-order chi connectivity index (χ1) is 20.2. The van der Waals surface area contributed by atoms with Gasteiger partial charge in [-0.05, 0) is 90.9 Å². The molecular weight excluding hydrogens is 616 g/mol. The lowest BCUT2D eigenvalue weighted by Crippen LogP contribution is -2.69. The van der Waals surface area contributed by atoms with E-state index in [0.717, 1.165) is 65.2 Å². The first-order valence-electron chi connectivity index (χ1n) is 15.4. The third-order valence-electron chi connectivity index (χ3n) is 10.2. The molecule has 1 spiro atoms. The average molecular weight is 656 g/mol. The maximum atomic E-state index is 14.0. The second kappa shape index (κ2) is 10.7. The van der Waals surface area contributed by atoms with Crippen molar-refractivity contribution in [2.24, 2.45) is 17.8 Å². The van der Waals surface area contributed by atoms with E-state index in [9.17, 15) is 14.7 Å². The van der Waals surface area contributed by atoms with Crippen LogP contribution in [0.2, 0.25) is 0 Å². The van der Waals surface area contributed by atoms with Crippen molar-refractivity contribution in [3.05, 3.63) is 44.1 Å². The van der Waals surface area contributed by atoms with Crippen LogP contribution < -0.4 is 9.47 Å². The molecule has 2 aromatic rings. The lowest BCUT2D eigenvalue weighted by atomic mass is 9.50. The van der Waals surface area contributed by atoms with Gasteiger partial charge in [-0.1, -0.05) is 13.8 Å². The lowest BCUT2D eigenvalue weighted by Gasteiger charge is -2.60. The van der Waals surface area contributed by atoms with Gasteiger partial charge in [-0.2, -0.15) is 0 Å². The number of benzene rings is 1. The molecule has 7 rings (SSSR count). The van der Waals surface area contributed by atoms with E-state index in [1.165, 1.54) is 19.8 Å². The molecule has 2 aliphatic heterocycles. The Kier molecular flexibility index (Phi) is 7.22. The molecule has 1 amide bonds. The number of amides is 1. The van der Waals surface area contributed by atoms with Crippen LogP contribution in [0.1, 0.15) is 68.9 Å². The van der Waals surface area contributed by atoms with Crippen molar-refractivity contribution in [1.29, 1.82) is 0 Å². The van der Waals surface area contributed by atoms with Gasteiger partial charge >= 0.3 is 5.97 Å². The summed E-state index contributed by atoms with van der Waals surface area (Å²) < 4.78 is 13.6. The van der Waals surface area contributed by atoms with Crippen molar-refractivity contribution in [3.63, 3.8) is 0 Å². The molecule has 1 aromatic heterocycles. The Bertz CT molecular complexity index is 1450. The fraction of sp³-hybridized carbons (Fsp3) is 0.576. The monoisotopic (exact) mass is 654 g/mol. The molecule has 2 saturated carbocycles. The molecule has 2 bridgehead atoms. The second-order valence-corrected chi connectivity index (χ2v) is 15.2. The number of rotatable bonds is 8. The smallest absolute Gasteiger partial charge is 0.308 e. The lowest BCUT2D eigenvalue weighted by molar-refractivity contribution is -0.138. The number of halogens is 1. The number of carbonyl (C=O) groups excluding carboxylic acids is 2. The number of esters is 1. The zero-order chi connectivity index (χ0) is 29.3. The molecule has 1 aromatic carbocycles. The fourth-order valence-corrected chi connectivity index (χ4v) is 9.84. The van der Waals surface area contributed by atoms with Crippen molar-refractivity contribution < 1.29 is 24.2 Å². The van der Waals surface area contributed by atoms with E-state index in [2.05, 4.69) is 34.7 Å². The minimum absolute atomic E-state index is 0.00515. The van der Waals surface area contributed by atoms with Crippen LogP contribution in [0.3, 0.4) is 0 Å². The van der Waals surface area contributed by atoms with E-state index in [0.29, 0.717) is 30.0 Å².